The van der Waals surface area contributed by atoms with Gasteiger partial charge in [-0.2, -0.15) is 0 Å². The Balaban J connectivity index is 1.81. The number of sulfone groups is 1. The second kappa shape index (κ2) is 9.02. The van der Waals surface area contributed by atoms with Crippen molar-refractivity contribution in [3.8, 4) is 0 Å². The number of anilines is 1. The Bertz CT molecular complexity index is 1400. The molecule has 0 saturated carbocycles. The number of aromatic nitrogens is 1. The van der Waals surface area contributed by atoms with Crippen LogP contribution < -0.4 is 4.90 Å². The average molecular weight is 485 g/mol. The molecular weight excluding hydrogens is 464 g/mol. The Kier molecular flexibility index (Phi) is 6.33. The minimum atomic E-state index is -3.43. The molecule has 8 heteroatoms. The van der Waals surface area contributed by atoms with E-state index in [9.17, 15) is 13.2 Å². The van der Waals surface area contributed by atoms with Gasteiger partial charge in [-0.05, 0) is 48.4 Å². The summed E-state index contributed by atoms with van der Waals surface area (Å²) in [6.07, 6.45) is 0. The summed E-state index contributed by atoms with van der Waals surface area (Å²) in [6, 6.07) is 19.5. The van der Waals surface area contributed by atoms with Gasteiger partial charge in [-0.1, -0.05) is 66.3 Å². The van der Waals surface area contributed by atoms with Gasteiger partial charge in [-0.3, -0.25) is 9.69 Å². The maximum absolute atomic E-state index is 13.6. The van der Waals surface area contributed by atoms with E-state index in [-0.39, 0.29) is 16.6 Å². The predicted molar refractivity (Wildman–Crippen MR) is 130 cm³/mol. The molecule has 1 heterocycles. The van der Waals surface area contributed by atoms with E-state index in [1.165, 1.54) is 23.5 Å². The van der Waals surface area contributed by atoms with Crippen LogP contribution in [0.25, 0.3) is 10.2 Å². The maximum Gasteiger partial charge on any atom is 0.260 e. The van der Waals surface area contributed by atoms with Crippen molar-refractivity contribution in [2.45, 2.75) is 25.3 Å². The first kappa shape index (κ1) is 22.5. The lowest BCUT2D eigenvalue weighted by molar-refractivity contribution is 0.0985. The van der Waals surface area contributed by atoms with Crippen molar-refractivity contribution in [2.24, 2.45) is 0 Å². The number of carbonyl (C=O) groups excluding carboxylic acids is 1. The Morgan fingerprint density at radius 3 is 2.53 bits per heavy atom. The lowest BCUT2D eigenvalue weighted by Gasteiger charge is -2.20. The maximum atomic E-state index is 13.6. The highest BCUT2D eigenvalue weighted by molar-refractivity contribution is 7.91. The minimum absolute atomic E-state index is 0.0315. The third-order valence-electron chi connectivity index (χ3n) is 5.22. The summed E-state index contributed by atoms with van der Waals surface area (Å²) < 4.78 is 25.6. The molecule has 4 rings (SSSR count). The number of thiazole rings is 1. The van der Waals surface area contributed by atoms with E-state index in [1.54, 1.807) is 24.0 Å². The molecule has 0 N–H and O–H groups in total. The highest BCUT2D eigenvalue weighted by Gasteiger charge is 2.24. The fraction of sp³-hybridized carbons (Fsp3) is 0.167. The number of halogens is 1. The minimum Gasteiger partial charge on any atom is -0.279 e. The molecule has 0 aliphatic carbocycles. The Morgan fingerprint density at radius 1 is 1.06 bits per heavy atom. The highest BCUT2D eigenvalue weighted by Crippen LogP contribution is 2.35. The molecule has 0 saturated heterocycles. The van der Waals surface area contributed by atoms with Gasteiger partial charge in [0, 0.05) is 10.6 Å². The highest BCUT2D eigenvalue weighted by atomic mass is 35.5. The number of hydrogen-bond donors (Lipinski definition) is 0. The van der Waals surface area contributed by atoms with Gasteiger partial charge in [0.15, 0.2) is 15.0 Å². The van der Waals surface area contributed by atoms with Crippen molar-refractivity contribution in [2.75, 3.05) is 10.7 Å². The van der Waals surface area contributed by atoms with Crippen LogP contribution in [0.15, 0.2) is 71.6 Å². The molecule has 3 aromatic carbocycles. The van der Waals surface area contributed by atoms with Gasteiger partial charge in [0.1, 0.15) is 0 Å². The normalized spacial score (nSPS) is 11.6. The van der Waals surface area contributed by atoms with Crippen molar-refractivity contribution < 1.29 is 13.2 Å². The van der Waals surface area contributed by atoms with Crippen LogP contribution in [0.5, 0.6) is 0 Å². The van der Waals surface area contributed by atoms with Crippen molar-refractivity contribution in [3.05, 3.63) is 88.4 Å². The Hall–Kier alpha value is -2.74. The molecule has 32 heavy (non-hydrogen) atoms. The first-order valence-corrected chi connectivity index (χ1v) is 12.9. The number of amides is 1. The van der Waals surface area contributed by atoms with E-state index >= 15 is 0 Å². The Morgan fingerprint density at radius 2 is 1.81 bits per heavy atom. The number of hydrogen-bond acceptors (Lipinski definition) is 5. The number of rotatable bonds is 6. The van der Waals surface area contributed by atoms with E-state index in [0.29, 0.717) is 22.3 Å². The monoisotopic (exact) mass is 484 g/mol. The van der Waals surface area contributed by atoms with Gasteiger partial charge in [-0.25, -0.2) is 13.4 Å². The molecule has 0 aliphatic rings. The van der Waals surface area contributed by atoms with E-state index < -0.39 is 9.84 Å². The summed E-state index contributed by atoms with van der Waals surface area (Å²) in [5.41, 5.74) is 2.84. The summed E-state index contributed by atoms with van der Waals surface area (Å²) in [6.45, 7) is 3.79. The van der Waals surface area contributed by atoms with Gasteiger partial charge < -0.3 is 0 Å². The first-order chi connectivity index (χ1) is 15.3. The molecule has 0 aliphatic heterocycles. The molecule has 1 aromatic heterocycles. The second-order valence-corrected chi connectivity index (χ2v) is 11.0. The summed E-state index contributed by atoms with van der Waals surface area (Å²) >= 11 is 7.67. The second-order valence-electron chi connectivity index (χ2n) is 7.32. The van der Waals surface area contributed by atoms with Crippen LogP contribution in [0.4, 0.5) is 5.13 Å². The van der Waals surface area contributed by atoms with E-state index in [2.05, 4.69) is 0 Å². The number of nitrogens with zero attached hydrogens (tertiary/aromatic N) is 2. The number of aryl methyl sites for hydroxylation is 1. The SMILES string of the molecule is CCS(=O)(=O)c1cccc(C(=O)N(Cc2ccccc2)c2nc3c(C)c(Cl)ccc3s2)c1. The number of fused-ring (bicyclic) bond motifs is 1. The van der Waals surface area contributed by atoms with Crippen LogP contribution >= 0.6 is 22.9 Å². The lowest BCUT2D eigenvalue weighted by Crippen LogP contribution is -2.30. The molecule has 0 radical (unpaired) electrons. The molecule has 4 aromatic rings. The largest absolute Gasteiger partial charge is 0.279 e. The van der Waals surface area contributed by atoms with E-state index in [4.69, 9.17) is 16.6 Å². The topological polar surface area (TPSA) is 67.3 Å². The molecule has 0 spiro atoms. The molecule has 5 nitrogen and oxygen atoms in total. The number of carbonyl (C=O) groups is 1. The molecule has 0 fully saturated rings. The van der Waals surface area contributed by atoms with Gasteiger partial charge in [-0.15, -0.1) is 0 Å². The van der Waals surface area contributed by atoms with Crippen LogP contribution in [0, 0.1) is 6.92 Å². The molecule has 0 atom stereocenters. The van der Waals surface area contributed by atoms with E-state index in [1.807, 2.05) is 49.4 Å². The van der Waals surface area contributed by atoms with Crippen LogP contribution in [0.1, 0.15) is 28.4 Å². The Labute approximate surface area is 196 Å². The standard InChI is InChI=1S/C24H21ClN2O3S2/c1-3-32(29,30)19-11-7-10-18(14-19)23(28)27(15-17-8-5-4-6-9-17)24-26-22-16(2)20(25)12-13-21(22)31-24/h4-14H,3,15H2,1-2H3. The van der Waals surface area contributed by atoms with Gasteiger partial charge in [0.25, 0.3) is 5.91 Å². The summed E-state index contributed by atoms with van der Waals surface area (Å²) in [5.74, 6) is -0.346. The predicted octanol–water partition coefficient (Wildman–Crippen LogP) is 5.90. The average Bonchev–Trinajstić information content (AvgIpc) is 3.25. The first-order valence-electron chi connectivity index (χ1n) is 10.0. The molecule has 164 valence electrons. The quantitative estimate of drug-likeness (QED) is 0.341. The van der Waals surface area contributed by atoms with Crippen molar-refractivity contribution in [1.82, 2.24) is 4.98 Å². The fourth-order valence-corrected chi connectivity index (χ4v) is 5.44. The van der Waals surface area contributed by atoms with E-state index in [0.717, 1.165) is 21.3 Å². The molecular formula is C24H21ClN2O3S2. The van der Waals surface area contributed by atoms with Gasteiger partial charge in [0.05, 0.1) is 27.4 Å². The lowest BCUT2D eigenvalue weighted by atomic mass is 10.1. The number of benzene rings is 3. The zero-order valence-electron chi connectivity index (χ0n) is 17.6. The summed E-state index contributed by atoms with van der Waals surface area (Å²) in [4.78, 5) is 20.1. The van der Waals surface area contributed by atoms with Crippen molar-refractivity contribution in [1.29, 1.82) is 0 Å². The van der Waals surface area contributed by atoms with Crippen LogP contribution in [0.3, 0.4) is 0 Å². The van der Waals surface area contributed by atoms with Crippen LogP contribution in [-0.2, 0) is 16.4 Å². The molecule has 0 bridgehead atoms. The molecule has 1 amide bonds. The van der Waals surface area contributed by atoms with Gasteiger partial charge in [0.2, 0.25) is 0 Å². The van der Waals surface area contributed by atoms with Crippen molar-refractivity contribution >= 4 is 54.0 Å². The zero-order chi connectivity index (χ0) is 22.9. The zero-order valence-corrected chi connectivity index (χ0v) is 20.0. The van der Waals surface area contributed by atoms with Gasteiger partial charge >= 0.3 is 0 Å². The van der Waals surface area contributed by atoms with Crippen molar-refractivity contribution in [3.63, 3.8) is 0 Å². The third-order valence-corrected chi connectivity index (χ3v) is 8.40. The smallest absolute Gasteiger partial charge is 0.260 e. The fourth-order valence-electron chi connectivity index (χ4n) is 3.34. The summed E-state index contributed by atoms with van der Waals surface area (Å²) in [5, 5.41) is 1.15. The van der Waals surface area contributed by atoms with Crippen LogP contribution in [-0.4, -0.2) is 25.1 Å². The van der Waals surface area contributed by atoms with Crippen LogP contribution in [0.2, 0.25) is 5.02 Å². The third kappa shape index (κ3) is 4.41. The summed E-state index contributed by atoms with van der Waals surface area (Å²) in [7, 11) is -3.43. The molecule has 0 unspecified atom stereocenters.